The minimum absolute atomic E-state index is 0.0896. The molecular formula is C11H11N3O3S. The lowest BCUT2D eigenvalue weighted by molar-refractivity contribution is 0.461. The summed E-state index contributed by atoms with van der Waals surface area (Å²) in [5, 5.41) is 0. The number of benzene rings is 1. The number of hydrogen-bond donors (Lipinski definition) is 1. The van der Waals surface area contributed by atoms with Crippen molar-refractivity contribution >= 4 is 15.8 Å². The van der Waals surface area contributed by atoms with Gasteiger partial charge in [0.1, 0.15) is 5.75 Å². The van der Waals surface area contributed by atoms with E-state index in [1.54, 1.807) is 12.1 Å². The molecule has 2 rings (SSSR count). The highest BCUT2D eigenvalue weighted by atomic mass is 32.2. The largest absolute Gasteiger partial charge is 0.439 e. The lowest BCUT2D eigenvalue weighted by Crippen LogP contribution is -1.98. The molecule has 0 unspecified atom stereocenters. The Morgan fingerprint density at radius 3 is 2.72 bits per heavy atom. The Kier molecular flexibility index (Phi) is 3.15. The maximum atomic E-state index is 11.4. The van der Waals surface area contributed by atoms with E-state index in [4.69, 9.17) is 10.5 Å². The highest BCUT2D eigenvalue weighted by Crippen LogP contribution is 2.22. The van der Waals surface area contributed by atoms with Crippen LogP contribution in [0.15, 0.2) is 41.4 Å². The average Bonchev–Trinajstić information content (AvgIpc) is 2.28. The van der Waals surface area contributed by atoms with Crippen molar-refractivity contribution in [1.29, 1.82) is 0 Å². The lowest BCUT2D eigenvalue weighted by atomic mass is 10.3. The van der Waals surface area contributed by atoms with Crippen molar-refractivity contribution < 1.29 is 13.2 Å². The summed E-state index contributed by atoms with van der Waals surface area (Å²) in [5.41, 5.74) is 5.41. The summed E-state index contributed by atoms with van der Waals surface area (Å²) in [6, 6.07) is 7.68. The number of sulfone groups is 1. The van der Waals surface area contributed by atoms with Gasteiger partial charge in [-0.05, 0) is 18.2 Å². The van der Waals surface area contributed by atoms with Crippen molar-refractivity contribution in [2.24, 2.45) is 0 Å². The number of ether oxygens (including phenoxy) is 1. The first-order valence-corrected chi connectivity index (χ1v) is 6.91. The summed E-state index contributed by atoms with van der Waals surface area (Å²) in [4.78, 5) is 7.77. The van der Waals surface area contributed by atoms with Gasteiger partial charge in [-0.1, -0.05) is 6.07 Å². The topological polar surface area (TPSA) is 95.2 Å². The van der Waals surface area contributed by atoms with Crippen LogP contribution in [0.5, 0.6) is 11.6 Å². The third-order valence-electron chi connectivity index (χ3n) is 2.10. The molecule has 2 aromatic rings. The van der Waals surface area contributed by atoms with Crippen molar-refractivity contribution in [3.63, 3.8) is 0 Å². The highest BCUT2D eigenvalue weighted by molar-refractivity contribution is 7.90. The van der Waals surface area contributed by atoms with Crippen LogP contribution in [0.3, 0.4) is 0 Å². The third-order valence-corrected chi connectivity index (χ3v) is 3.21. The van der Waals surface area contributed by atoms with Gasteiger partial charge >= 0.3 is 0 Å². The summed E-state index contributed by atoms with van der Waals surface area (Å²) in [6.45, 7) is 0. The molecule has 94 valence electrons. The van der Waals surface area contributed by atoms with Gasteiger partial charge in [0.05, 0.1) is 4.90 Å². The van der Waals surface area contributed by atoms with Crippen LogP contribution in [-0.4, -0.2) is 24.6 Å². The first-order chi connectivity index (χ1) is 8.45. The molecule has 18 heavy (non-hydrogen) atoms. The second-order valence-electron chi connectivity index (χ2n) is 3.60. The van der Waals surface area contributed by atoms with E-state index in [1.165, 1.54) is 24.4 Å². The number of nitrogens with two attached hydrogens (primary N) is 1. The number of rotatable bonds is 3. The van der Waals surface area contributed by atoms with Crippen molar-refractivity contribution in [3.05, 3.63) is 36.5 Å². The van der Waals surface area contributed by atoms with Crippen LogP contribution in [0.4, 0.5) is 5.95 Å². The molecule has 1 heterocycles. The Bertz CT molecular complexity index is 671. The Balaban J connectivity index is 2.30. The second kappa shape index (κ2) is 4.61. The van der Waals surface area contributed by atoms with E-state index in [2.05, 4.69) is 9.97 Å². The van der Waals surface area contributed by atoms with Gasteiger partial charge in [-0.15, -0.1) is 0 Å². The molecule has 1 aromatic heterocycles. The first kappa shape index (κ1) is 12.3. The smallest absolute Gasteiger partial charge is 0.224 e. The molecule has 2 N–H and O–H groups in total. The maximum absolute atomic E-state index is 11.4. The fourth-order valence-corrected chi connectivity index (χ4v) is 1.96. The van der Waals surface area contributed by atoms with Crippen LogP contribution in [-0.2, 0) is 9.84 Å². The van der Waals surface area contributed by atoms with Crippen LogP contribution >= 0.6 is 0 Å². The van der Waals surface area contributed by atoms with Gasteiger partial charge in [0.25, 0.3) is 0 Å². The summed E-state index contributed by atoms with van der Waals surface area (Å²) < 4.78 is 28.2. The first-order valence-electron chi connectivity index (χ1n) is 5.02. The minimum atomic E-state index is -3.26. The van der Waals surface area contributed by atoms with Gasteiger partial charge in [0.15, 0.2) is 9.84 Å². The van der Waals surface area contributed by atoms with E-state index in [9.17, 15) is 8.42 Å². The van der Waals surface area contributed by atoms with Crippen molar-refractivity contribution in [3.8, 4) is 11.6 Å². The quantitative estimate of drug-likeness (QED) is 0.897. The lowest BCUT2D eigenvalue weighted by Gasteiger charge is -2.06. The SMILES string of the molecule is CS(=O)(=O)c1cccc(Oc2ccnc(N)n2)c1. The molecule has 0 atom stereocenters. The highest BCUT2D eigenvalue weighted by Gasteiger charge is 2.08. The average molecular weight is 265 g/mol. The number of anilines is 1. The summed E-state index contributed by atoms with van der Waals surface area (Å²) in [5.74, 6) is 0.718. The molecule has 6 nitrogen and oxygen atoms in total. The Hall–Kier alpha value is -2.15. The fraction of sp³-hybridized carbons (Fsp3) is 0.0909. The third kappa shape index (κ3) is 2.95. The van der Waals surface area contributed by atoms with E-state index in [0.29, 0.717) is 5.75 Å². The van der Waals surface area contributed by atoms with Crippen LogP contribution < -0.4 is 10.5 Å². The van der Waals surface area contributed by atoms with Gasteiger partial charge in [0.2, 0.25) is 11.8 Å². The maximum Gasteiger partial charge on any atom is 0.224 e. The zero-order valence-electron chi connectivity index (χ0n) is 9.57. The predicted molar refractivity (Wildman–Crippen MR) is 66.1 cm³/mol. The van der Waals surface area contributed by atoms with Gasteiger partial charge in [-0.2, -0.15) is 4.98 Å². The minimum Gasteiger partial charge on any atom is -0.439 e. The van der Waals surface area contributed by atoms with Crippen molar-refractivity contribution in [2.45, 2.75) is 4.90 Å². The molecule has 0 spiro atoms. The van der Waals surface area contributed by atoms with Gasteiger partial charge < -0.3 is 10.5 Å². The molecule has 0 saturated heterocycles. The number of aromatic nitrogens is 2. The monoisotopic (exact) mass is 265 g/mol. The van der Waals surface area contributed by atoms with Crippen molar-refractivity contribution in [1.82, 2.24) is 9.97 Å². The molecule has 0 saturated carbocycles. The number of nitrogen functional groups attached to an aromatic ring is 1. The Labute approximate surface area is 104 Å². The molecule has 0 radical (unpaired) electrons. The molecule has 0 aliphatic carbocycles. The van der Waals surface area contributed by atoms with Crippen LogP contribution in [0.2, 0.25) is 0 Å². The number of hydrogen-bond acceptors (Lipinski definition) is 6. The zero-order valence-corrected chi connectivity index (χ0v) is 10.4. The van der Waals surface area contributed by atoms with Crippen LogP contribution in [0.1, 0.15) is 0 Å². The summed E-state index contributed by atoms with van der Waals surface area (Å²) >= 11 is 0. The predicted octanol–water partition coefficient (Wildman–Crippen LogP) is 1.25. The van der Waals surface area contributed by atoms with Gasteiger partial charge in [-0.25, -0.2) is 13.4 Å². The Morgan fingerprint density at radius 2 is 2.06 bits per heavy atom. The molecular weight excluding hydrogens is 254 g/mol. The normalized spacial score (nSPS) is 11.2. The molecule has 0 aliphatic heterocycles. The van der Waals surface area contributed by atoms with E-state index >= 15 is 0 Å². The molecule has 7 heteroatoms. The summed E-state index contributed by atoms with van der Waals surface area (Å²) in [6.07, 6.45) is 2.59. The van der Waals surface area contributed by atoms with E-state index in [0.717, 1.165) is 6.26 Å². The molecule has 0 amide bonds. The summed E-state index contributed by atoms with van der Waals surface area (Å²) in [7, 11) is -3.26. The van der Waals surface area contributed by atoms with Gasteiger partial charge in [0, 0.05) is 18.5 Å². The standard InChI is InChI=1S/C11H11N3O3S/c1-18(15,16)9-4-2-3-8(7-9)17-10-5-6-13-11(12)14-10/h2-7H,1H3,(H2,12,13,14). The van der Waals surface area contributed by atoms with Crippen LogP contribution in [0.25, 0.3) is 0 Å². The van der Waals surface area contributed by atoms with Gasteiger partial charge in [-0.3, -0.25) is 0 Å². The second-order valence-corrected chi connectivity index (χ2v) is 5.62. The number of nitrogens with zero attached hydrogens (tertiary/aromatic N) is 2. The van der Waals surface area contributed by atoms with Crippen molar-refractivity contribution in [2.75, 3.05) is 12.0 Å². The van der Waals surface area contributed by atoms with E-state index in [1.807, 2.05) is 0 Å². The van der Waals surface area contributed by atoms with E-state index in [-0.39, 0.29) is 16.7 Å². The van der Waals surface area contributed by atoms with E-state index < -0.39 is 9.84 Å². The zero-order chi connectivity index (χ0) is 13.2. The van der Waals surface area contributed by atoms with Crippen LogP contribution in [0, 0.1) is 0 Å². The molecule has 0 aliphatic rings. The molecule has 0 fully saturated rings. The fourth-order valence-electron chi connectivity index (χ4n) is 1.30. The molecule has 0 bridgehead atoms. The Morgan fingerprint density at radius 1 is 1.28 bits per heavy atom. The molecule has 1 aromatic carbocycles.